The minimum Gasteiger partial charge on any atom is -0.336 e. The third kappa shape index (κ3) is 3.61. The zero-order valence-corrected chi connectivity index (χ0v) is 16.8. The van der Waals surface area contributed by atoms with Crippen molar-refractivity contribution in [2.24, 2.45) is 14.1 Å². The molecule has 148 valence electrons. The van der Waals surface area contributed by atoms with Gasteiger partial charge in [-0.05, 0) is 31.4 Å². The molecule has 8 nitrogen and oxygen atoms in total. The van der Waals surface area contributed by atoms with Crippen LogP contribution in [-0.4, -0.2) is 50.1 Å². The molecule has 2 aromatic heterocycles. The molecular weight excluding hydrogens is 393 g/mol. The maximum atomic E-state index is 12.9. The molecule has 4 rings (SSSR count). The van der Waals surface area contributed by atoms with Gasteiger partial charge in [0, 0.05) is 39.3 Å². The Bertz CT molecular complexity index is 987. The molecule has 2 aliphatic heterocycles. The molecule has 2 unspecified atom stereocenters. The van der Waals surface area contributed by atoms with Crippen molar-refractivity contribution in [1.29, 1.82) is 0 Å². The highest BCUT2D eigenvalue weighted by Crippen LogP contribution is 2.21. The fourth-order valence-corrected chi connectivity index (χ4v) is 3.86. The van der Waals surface area contributed by atoms with E-state index in [0.717, 1.165) is 17.4 Å². The number of halogens is 2. The number of hydrogen-bond donors (Lipinski definition) is 1. The Morgan fingerprint density at radius 3 is 2.52 bits per heavy atom. The first-order valence-electron chi connectivity index (χ1n) is 8.58. The van der Waals surface area contributed by atoms with Gasteiger partial charge in [0.05, 0.1) is 5.39 Å². The Morgan fingerprint density at radius 1 is 1.07 bits per heavy atom. The lowest BCUT2D eigenvalue weighted by molar-refractivity contribution is 0.0742. The number of aromatic nitrogens is 3. The Labute approximate surface area is 168 Å². The van der Waals surface area contributed by atoms with Crippen LogP contribution >= 0.6 is 24.8 Å². The molecule has 1 amide bonds. The fraction of sp³-hybridized carbons (Fsp3) is 0.529. The van der Waals surface area contributed by atoms with Crippen LogP contribution in [-0.2, 0) is 14.1 Å². The van der Waals surface area contributed by atoms with Gasteiger partial charge in [-0.3, -0.25) is 18.7 Å². The van der Waals surface area contributed by atoms with Crippen molar-refractivity contribution in [2.75, 3.05) is 13.1 Å². The lowest BCUT2D eigenvalue weighted by Gasteiger charge is -2.24. The number of carbonyl (C=O) groups excluding carboxylic acids is 1. The maximum absolute atomic E-state index is 12.9. The molecule has 2 atom stereocenters. The summed E-state index contributed by atoms with van der Waals surface area (Å²) >= 11 is 0. The van der Waals surface area contributed by atoms with Crippen LogP contribution < -0.4 is 16.6 Å². The van der Waals surface area contributed by atoms with Gasteiger partial charge >= 0.3 is 5.69 Å². The second kappa shape index (κ2) is 8.00. The summed E-state index contributed by atoms with van der Waals surface area (Å²) in [6, 6.07) is 4.00. The second-order valence-corrected chi connectivity index (χ2v) is 6.95. The molecule has 0 aromatic carbocycles. The lowest BCUT2D eigenvalue weighted by atomic mass is 10.1. The van der Waals surface area contributed by atoms with E-state index >= 15 is 0 Å². The van der Waals surface area contributed by atoms with Gasteiger partial charge in [-0.25, -0.2) is 9.78 Å². The van der Waals surface area contributed by atoms with E-state index in [1.54, 1.807) is 19.2 Å². The Balaban J connectivity index is 0.00000131. The average molecular weight is 416 g/mol. The molecule has 2 bridgehead atoms. The predicted octanol–water partition coefficient (Wildman–Crippen LogP) is 0.442. The third-order valence-electron chi connectivity index (χ3n) is 5.33. The molecule has 2 aliphatic rings. The van der Waals surface area contributed by atoms with Crippen molar-refractivity contribution in [3.05, 3.63) is 38.7 Å². The molecule has 27 heavy (non-hydrogen) atoms. The van der Waals surface area contributed by atoms with Crippen molar-refractivity contribution in [3.63, 3.8) is 0 Å². The number of carbonyl (C=O) groups is 1. The molecule has 0 spiro atoms. The van der Waals surface area contributed by atoms with Gasteiger partial charge in [-0.1, -0.05) is 0 Å². The van der Waals surface area contributed by atoms with Crippen LogP contribution in [0.2, 0.25) is 0 Å². The molecule has 2 aromatic rings. The minimum atomic E-state index is -0.453. The highest BCUT2D eigenvalue weighted by Gasteiger charge is 2.32. The topological polar surface area (TPSA) is 89.2 Å². The first-order chi connectivity index (χ1) is 12.0. The van der Waals surface area contributed by atoms with Gasteiger partial charge in [0.1, 0.15) is 11.3 Å². The molecule has 4 heterocycles. The summed E-state index contributed by atoms with van der Waals surface area (Å²) in [5.41, 5.74) is -0.339. The van der Waals surface area contributed by atoms with Crippen molar-refractivity contribution >= 4 is 41.8 Å². The maximum Gasteiger partial charge on any atom is 0.332 e. The summed E-state index contributed by atoms with van der Waals surface area (Å²) in [5.74, 6) is -0.149. The number of hydrogen-bond acceptors (Lipinski definition) is 5. The summed E-state index contributed by atoms with van der Waals surface area (Å²) in [7, 11) is 2.99. The summed E-state index contributed by atoms with van der Waals surface area (Å²) in [5, 5.41) is 3.88. The summed E-state index contributed by atoms with van der Waals surface area (Å²) in [4.78, 5) is 43.4. The van der Waals surface area contributed by atoms with Crippen molar-refractivity contribution in [3.8, 4) is 0 Å². The minimum absolute atomic E-state index is 0. The van der Waals surface area contributed by atoms with Crippen LogP contribution in [0.25, 0.3) is 11.0 Å². The van der Waals surface area contributed by atoms with E-state index in [4.69, 9.17) is 0 Å². The number of nitrogens with zero attached hydrogens (tertiary/aromatic N) is 4. The molecule has 2 fully saturated rings. The van der Waals surface area contributed by atoms with Crippen molar-refractivity contribution in [2.45, 2.75) is 31.3 Å². The highest BCUT2D eigenvalue weighted by molar-refractivity contribution is 5.94. The number of rotatable bonds is 1. The fourth-order valence-electron chi connectivity index (χ4n) is 3.86. The largest absolute Gasteiger partial charge is 0.336 e. The van der Waals surface area contributed by atoms with Gasteiger partial charge in [-0.2, -0.15) is 0 Å². The van der Waals surface area contributed by atoms with Crippen LogP contribution in [0.1, 0.15) is 29.8 Å². The van der Waals surface area contributed by atoms with E-state index in [2.05, 4.69) is 10.3 Å². The number of pyridine rings is 1. The zero-order chi connectivity index (χ0) is 17.7. The number of fused-ring (bicyclic) bond motifs is 3. The Morgan fingerprint density at radius 2 is 1.78 bits per heavy atom. The first kappa shape index (κ1) is 21.4. The van der Waals surface area contributed by atoms with Crippen LogP contribution in [0.15, 0.2) is 21.7 Å². The molecular formula is C17H23Cl2N5O3. The van der Waals surface area contributed by atoms with Gasteiger partial charge in [0.15, 0.2) is 0 Å². The van der Waals surface area contributed by atoms with Gasteiger partial charge in [0.25, 0.3) is 11.5 Å². The second-order valence-electron chi connectivity index (χ2n) is 6.95. The van der Waals surface area contributed by atoms with Crippen LogP contribution in [0.5, 0.6) is 0 Å². The van der Waals surface area contributed by atoms with E-state index in [1.807, 2.05) is 4.90 Å². The quantitative estimate of drug-likeness (QED) is 0.729. The van der Waals surface area contributed by atoms with Crippen LogP contribution in [0, 0.1) is 0 Å². The van der Waals surface area contributed by atoms with Gasteiger partial charge < -0.3 is 10.2 Å². The number of amides is 1. The van der Waals surface area contributed by atoms with E-state index in [1.165, 1.54) is 18.0 Å². The van der Waals surface area contributed by atoms with Crippen LogP contribution in [0.4, 0.5) is 0 Å². The van der Waals surface area contributed by atoms with Crippen LogP contribution in [0.3, 0.4) is 0 Å². The molecule has 10 heteroatoms. The summed E-state index contributed by atoms with van der Waals surface area (Å²) in [6.45, 7) is 1.37. The van der Waals surface area contributed by atoms with Gasteiger partial charge in [0.2, 0.25) is 0 Å². The third-order valence-corrected chi connectivity index (χ3v) is 5.33. The lowest BCUT2D eigenvalue weighted by Crippen LogP contribution is -2.40. The number of likely N-dealkylation sites (tertiary alicyclic amines) is 1. The van der Waals surface area contributed by atoms with Crippen molar-refractivity contribution in [1.82, 2.24) is 24.3 Å². The van der Waals surface area contributed by atoms with E-state index in [9.17, 15) is 14.4 Å². The monoisotopic (exact) mass is 415 g/mol. The molecule has 0 saturated carbocycles. The number of aryl methyl sites for hydroxylation is 1. The Hall–Kier alpha value is -1.90. The molecule has 1 N–H and O–H groups in total. The van der Waals surface area contributed by atoms with Crippen molar-refractivity contribution < 1.29 is 4.79 Å². The van der Waals surface area contributed by atoms with E-state index < -0.39 is 11.2 Å². The Kier molecular flexibility index (Phi) is 6.34. The number of nitrogens with one attached hydrogen (secondary N) is 1. The summed E-state index contributed by atoms with van der Waals surface area (Å²) < 4.78 is 2.35. The first-order valence-corrected chi connectivity index (χ1v) is 8.58. The molecule has 2 saturated heterocycles. The standard InChI is InChI=1S/C17H21N5O3.2ClH/c1-20-14-12(15(23)21(2)17(20)25)5-6-13(19-14)16(24)22-8-7-10-3-4-11(9-22)18-10;;/h5-6,10-11,18H,3-4,7-9H2,1-2H3;2*1H. The SMILES string of the molecule is Cl.Cl.Cn1c(=O)c2ccc(C(=O)N3CCC4CCC(C3)N4)nc2n(C)c1=O. The predicted molar refractivity (Wildman–Crippen MR) is 107 cm³/mol. The van der Waals surface area contributed by atoms with Gasteiger partial charge in [-0.15, -0.1) is 24.8 Å². The molecule has 0 radical (unpaired) electrons. The highest BCUT2D eigenvalue weighted by atomic mass is 35.5. The average Bonchev–Trinajstić information content (AvgIpc) is 2.96. The van der Waals surface area contributed by atoms with E-state index in [0.29, 0.717) is 30.6 Å². The van der Waals surface area contributed by atoms with E-state index in [-0.39, 0.29) is 42.1 Å². The smallest absolute Gasteiger partial charge is 0.332 e. The molecule has 0 aliphatic carbocycles. The summed E-state index contributed by atoms with van der Waals surface area (Å²) in [6.07, 6.45) is 3.20. The normalized spacial score (nSPS) is 21.3. The zero-order valence-electron chi connectivity index (χ0n) is 15.2.